The quantitative estimate of drug-likeness (QED) is 0.715. The molecule has 0 saturated heterocycles. The van der Waals surface area contributed by atoms with Crippen molar-refractivity contribution in [3.63, 3.8) is 0 Å². The monoisotopic (exact) mass is 368 g/mol. The van der Waals surface area contributed by atoms with Crippen molar-refractivity contribution in [1.82, 2.24) is 5.32 Å². The Bertz CT molecular complexity index is 492. The van der Waals surface area contributed by atoms with Crippen molar-refractivity contribution in [3.8, 4) is 0 Å². The van der Waals surface area contributed by atoms with E-state index in [1.165, 1.54) is 13.0 Å². The zero-order valence-electron chi connectivity index (χ0n) is 9.84. The van der Waals surface area contributed by atoms with Crippen molar-refractivity contribution < 1.29 is 14.0 Å². The SMILES string of the molecule is CC(=O)NC(CS)C(=O)Nc1c(Cl)cc(F)cc1Br. The summed E-state index contributed by atoms with van der Waals surface area (Å²) < 4.78 is 13.4. The molecule has 104 valence electrons. The van der Waals surface area contributed by atoms with Crippen molar-refractivity contribution >= 4 is 57.7 Å². The summed E-state index contributed by atoms with van der Waals surface area (Å²) in [7, 11) is 0. The van der Waals surface area contributed by atoms with Gasteiger partial charge < -0.3 is 10.6 Å². The molecule has 1 aromatic carbocycles. The van der Waals surface area contributed by atoms with Gasteiger partial charge >= 0.3 is 0 Å². The number of carbonyl (C=O) groups excluding carboxylic acids is 2. The second kappa shape index (κ2) is 7.12. The van der Waals surface area contributed by atoms with Crippen molar-refractivity contribution in [3.05, 3.63) is 27.4 Å². The first-order valence-corrected chi connectivity index (χ1v) is 6.99. The van der Waals surface area contributed by atoms with Crippen LogP contribution in [-0.4, -0.2) is 23.6 Å². The zero-order chi connectivity index (χ0) is 14.6. The van der Waals surface area contributed by atoms with Gasteiger partial charge in [-0.05, 0) is 28.1 Å². The molecule has 19 heavy (non-hydrogen) atoms. The highest BCUT2D eigenvalue weighted by Gasteiger charge is 2.20. The minimum absolute atomic E-state index is 0.0564. The van der Waals surface area contributed by atoms with Crippen LogP contribution in [0.3, 0.4) is 0 Å². The third kappa shape index (κ3) is 4.67. The van der Waals surface area contributed by atoms with Crippen LogP contribution in [0.15, 0.2) is 16.6 Å². The Kier molecular flexibility index (Phi) is 6.09. The fraction of sp³-hybridized carbons (Fsp3) is 0.273. The normalized spacial score (nSPS) is 11.8. The molecule has 1 unspecified atom stereocenters. The third-order valence-corrected chi connectivity index (χ3v) is 3.42. The van der Waals surface area contributed by atoms with Crippen molar-refractivity contribution in [1.29, 1.82) is 0 Å². The van der Waals surface area contributed by atoms with E-state index in [2.05, 4.69) is 39.2 Å². The average molecular weight is 370 g/mol. The lowest BCUT2D eigenvalue weighted by Gasteiger charge is -2.16. The van der Waals surface area contributed by atoms with Gasteiger partial charge in [-0.25, -0.2) is 4.39 Å². The van der Waals surface area contributed by atoms with E-state index < -0.39 is 17.8 Å². The molecule has 0 aromatic heterocycles. The van der Waals surface area contributed by atoms with Gasteiger partial charge in [0.05, 0.1) is 10.7 Å². The van der Waals surface area contributed by atoms with Gasteiger partial charge in [-0.3, -0.25) is 9.59 Å². The molecule has 0 aliphatic rings. The van der Waals surface area contributed by atoms with Gasteiger partial charge in [0.25, 0.3) is 0 Å². The second-order valence-electron chi connectivity index (χ2n) is 3.67. The first-order chi connectivity index (χ1) is 8.85. The summed E-state index contributed by atoms with van der Waals surface area (Å²) in [4.78, 5) is 22.9. The molecule has 0 bridgehead atoms. The zero-order valence-corrected chi connectivity index (χ0v) is 13.1. The summed E-state index contributed by atoms with van der Waals surface area (Å²) in [6.45, 7) is 1.30. The van der Waals surface area contributed by atoms with Crippen molar-refractivity contribution in [2.24, 2.45) is 0 Å². The Labute approximate surface area is 128 Å². The number of anilines is 1. The highest BCUT2D eigenvalue weighted by atomic mass is 79.9. The Morgan fingerprint density at radius 2 is 2.16 bits per heavy atom. The Morgan fingerprint density at radius 1 is 1.53 bits per heavy atom. The van der Waals surface area contributed by atoms with E-state index in [1.54, 1.807) is 0 Å². The van der Waals surface area contributed by atoms with Crippen LogP contribution >= 0.6 is 40.2 Å². The summed E-state index contributed by atoms with van der Waals surface area (Å²) in [6, 6.07) is 1.46. The van der Waals surface area contributed by atoms with E-state index in [1.807, 2.05) is 0 Å². The number of hydrogen-bond donors (Lipinski definition) is 3. The minimum Gasteiger partial charge on any atom is -0.344 e. The summed E-state index contributed by atoms with van der Waals surface area (Å²) in [5, 5.41) is 5.01. The van der Waals surface area contributed by atoms with Crippen LogP contribution in [0.25, 0.3) is 0 Å². The molecule has 2 N–H and O–H groups in total. The van der Waals surface area contributed by atoms with Crippen LogP contribution in [-0.2, 0) is 9.59 Å². The number of thiol groups is 1. The maximum Gasteiger partial charge on any atom is 0.247 e. The molecule has 0 saturated carbocycles. The summed E-state index contributed by atoms with van der Waals surface area (Å²) >= 11 is 12.9. The number of amides is 2. The van der Waals surface area contributed by atoms with Gasteiger partial charge in [-0.2, -0.15) is 12.6 Å². The fourth-order valence-corrected chi connectivity index (χ4v) is 2.47. The summed E-state index contributed by atoms with van der Waals surface area (Å²) in [5.41, 5.74) is 0.241. The number of nitrogens with one attached hydrogen (secondary N) is 2. The first kappa shape index (κ1) is 16.3. The van der Waals surface area contributed by atoms with E-state index in [9.17, 15) is 14.0 Å². The molecule has 1 rings (SSSR count). The van der Waals surface area contributed by atoms with Crippen LogP contribution in [0.2, 0.25) is 5.02 Å². The third-order valence-electron chi connectivity index (χ3n) is 2.13. The lowest BCUT2D eigenvalue weighted by Crippen LogP contribution is -2.44. The van der Waals surface area contributed by atoms with E-state index in [4.69, 9.17) is 11.6 Å². The van der Waals surface area contributed by atoms with Crippen LogP contribution in [0.4, 0.5) is 10.1 Å². The molecule has 4 nitrogen and oxygen atoms in total. The number of rotatable bonds is 4. The van der Waals surface area contributed by atoms with E-state index in [0.717, 1.165) is 6.07 Å². The molecule has 1 atom stereocenters. The van der Waals surface area contributed by atoms with Gasteiger partial charge in [0.1, 0.15) is 11.9 Å². The van der Waals surface area contributed by atoms with E-state index in [0.29, 0.717) is 4.47 Å². The minimum atomic E-state index is -0.797. The Balaban J connectivity index is 2.90. The van der Waals surface area contributed by atoms with Gasteiger partial charge in [-0.15, -0.1) is 0 Å². The van der Waals surface area contributed by atoms with E-state index in [-0.39, 0.29) is 22.4 Å². The topological polar surface area (TPSA) is 58.2 Å². The second-order valence-corrected chi connectivity index (χ2v) is 5.30. The molecule has 8 heteroatoms. The van der Waals surface area contributed by atoms with Crippen LogP contribution in [0, 0.1) is 5.82 Å². The van der Waals surface area contributed by atoms with Crippen LogP contribution < -0.4 is 10.6 Å². The van der Waals surface area contributed by atoms with Crippen LogP contribution in [0.1, 0.15) is 6.92 Å². The van der Waals surface area contributed by atoms with E-state index >= 15 is 0 Å². The number of hydrogen-bond acceptors (Lipinski definition) is 3. The van der Waals surface area contributed by atoms with Crippen molar-refractivity contribution in [2.45, 2.75) is 13.0 Å². The molecule has 0 spiro atoms. The standard InChI is InChI=1S/C11H11BrClFN2O2S/c1-5(17)15-9(4-19)11(18)16-10-7(12)2-6(14)3-8(10)13/h2-3,9,19H,4H2,1H3,(H,15,17)(H,16,18). The molecule has 0 aliphatic heterocycles. The average Bonchev–Trinajstić information content (AvgIpc) is 2.30. The van der Waals surface area contributed by atoms with Gasteiger partial charge in [0.2, 0.25) is 11.8 Å². The largest absolute Gasteiger partial charge is 0.344 e. The lowest BCUT2D eigenvalue weighted by molar-refractivity contribution is -0.124. The predicted octanol–water partition coefficient (Wildman–Crippen LogP) is 2.61. The Morgan fingerprint density at radius 3 is 2.63 bits per heavy atom. The maximum absolute atomic E-state index is 13.0. The highest BCUT2D eigenvalue weighted by Crippen LogP contribution is 2.31. The van der Waals surface area contributed by atoms with Gasteiger partial charge in [-0.1, -0.05) is 11.6 Å². The number of benzene rings is 1. The lowest BCUT2D eigenvalue weighted by atomic mass is 10.2. The molecular weight excluding hydrogens is 359 g/mol. The van der Waals surface area contributed by atoms with Gasteiger partial charge in [0.15, 0.2) is 0 Å². The van der Waals surface area contributed by atoms with Crippen LogP contribution in [0.5, 0.6) is 0 Å². The molecule has 0 radical (unpaired) electrons. The summed E-state index contributed by atoms with van der Waals surface area (Å²) in [5.74, 6) is -1.23. The predicted molar refractivity (Wildman–Crippen MR) is 79.2 cm³/mol. The molecule has 2 amide bonds. The molecule has 0 aliphatic carbocycles. The van der Waals surface area contributed by atoms with Crippen molar-refractivity contribution in [2.75, 3.05) is 11.1 Å². The smallest absolute Gasteiger partial charge is 0.247 e. The molecule has 0 fully saturated rings. The molecule has 0 heterocycles. The van der Waals surface area contributed by atoms with Gasteiger partial charge in [0, 0.05) is 17.1 Å². The summed E-state index contributed by atoms with van der Waals surface area (Å²) in [6.07, 6.45) is 0. The number of carbonyl (C=O) groups is 2. The molecule has 1 aromatic rings. The highest BCUT2D eigenvalue weighted by molar-refractivity contribution is 9.10. The maximum atomic E-state index is 13.0. The fourth-order valence-electron chi connectivity index (χ4n) is 1.31. The first-order valence-electron chi connectivity index (χ1n) is 5.18. The molecular formula is C11H11BrClFN2O2S. The number of halogens is 3. The Hall–Kier alpha value is -0.790.